The zero-order valence-electron chi connectivity index (χ0n) is 16.4. The van der Waals surface area contributed by atoms with Gasteiger partial charge in [-0.25, -0.2) is 9.97 Å². The number of nitrogens with zero attached hydrogens (tertiary/aromatic N) is 2. The number of hydrogen-bond donors (Lipinski definition) is 3. The molecule has 6 nitrogen and oxygen atoms in total. The van der Waals surface area contributed by atoms with Crippen molar-refractivity contribution in [3.8, 4) is 0 Å². The molecule has 0 radical (unpaired) electrons. The van der Waals surface area contributed by atoms with Crippen molar-refractivity contribution in [3.63, 3.8) is 0 Å². The minimum Gasteiger partial charge on any atom is -0.340 e. The first-order chi connectivity index (χ1) is 13.5. The Kier molecular flexibility index (Phi) is 6.22. The lowest BCUT2D eigenvalue weighted by atomic mass is 10.2. The lowest BCUT2D eigenvalue weighted by Crippen LogP contribution is -2.10. The lowest BCUT2D eigenvalue weighted by molar-refractivity contribution is -0.116. The second-order valence-electron chi connectivity index (χ2n) is 6.68. The average Bonchev–Trinajstić information content (AvgIpc) is 2.65. The molecule has 1 heterocycles. The van der Waals surface area contributed by atoms with Crippen molar-refractivity contribution in [3.05, 3.63) is 66.0 Å². The van der Waals surface area contributed by atoms with Gasteiger partial charge in [0.1, 0.15) is 17.5 Å². The van der Waals surface area contributed by atoms with Gasteiger partial charge in [-0.05, 0) is 56.7 Å². The molecule has 6 heteroatoms. The molecule has 0 aliphatic heterocycles. The van der Waals surface area contributed by atoms with Crippen LogP contribution in [0.15, 0.2) is 54.6 Å². The second kappa shape index (κ2) is 8.99. The summed E-state index contributed by atoms with van der Waals surface area (Å²) in [5.41, 5.74) is 3.85. The Morgan fingerprint density at radius 2 is 1.32 bits per heavy atom. The van der Waals surface area contributed by atoms with Gasteiger partial charge in [0.2, 0.25) is 5.91 Å². The molecule has 144 valence electrons. The Labute approximate surface area is 165 Å². The van der Waals surface area contributed by atoms with Gasteiger partial charge in [-0.3, -0.25) is 4.79 Å². The van der Waals surface area contributed by atoms with E-state index in [1.807, 2.05) is 56.3 Å². The van der Waals surface area contributed by atoms with Crippen LogP contribution in [-0.4, -0.2) is 15.9 Å². The van der Waals surface area contributed by atoms with Gasteiger partial charge in [-0.15, -0.1) is 0 Å². The third-order valence-electron chi connectivity index (χ3n) is 4.08. The molecule has 3 aromatic rings. The summed E-state index contributed by atoms with van der Waals surface area (Å²) in [4.78, 5) is 20.6. The van der Waals surface area contributed by atoms with Crippen LogP contribution in [0.1, 0.15) is 31.2 Å². The van der Waals surface area contributed by atoms with Crippen LogP contribution in [0.5, 0.6) is 0 Å². The highest BCUT2D eigenvalue weighted by Crippen LogP contribution is 2.22. The summed E-state index contributed by atoms with van der Waals surface area (Å²) in [6.07, 6.45) is 1.36. The standard InChI is InChI=1S/C22H25N5O/c1-4-5-22(28)27-19-12-10-18(11-13-19)26-21-14-20(23-16(3)24-21)25-17-8-6-15(2)7-9-17/h6-14H,4-5H2,1-3H3,(H,27,28)(H2,23,24,25,26). The van der Waals surface area contributed by atoms with E-state index in [0.29, 0.717) is 18.1 Å². The molecule has 0 saturated heterocycles. The Morgan fingerprint density at radius 1 is 0.821 bits per heavy atom. The van der Waals surface area contributed by atoms with Gasteiger partial charge in [0.25, 0.3) is 0 Å². The predicted octanol–water partition coefficient (Wildman–Crippen LogP) is 5.32. The highest BCUT2D eigenvalue weighted by molar-refractivity contribution is 5.90. The summed E-state index contributed by atoms with van der Waals surface area (Å²) in [7, 11) is 0. The fraction of sp³-hybridized carbons (Fsp3) is 0.227. The number of carbonyl (C=O) groups excluding carboxylic acids is 1. The molecule has 28 heavy (non-hydrogen) atoms. The third kappa shape index (κ3) is 5.54. The van der Waals surface area contributed by atoms with Crippen molar-refractivity contribution >= 4 is 34.6 Å². The zero-order valence-corrected chi connectivity index (χ0v) is 16.4. The first kappa shape index (κ1) is 19.4. The fourth-order valence-electron chi connectivity index (χ4n) is 2.72. The highest BCUT2D eigenvalue weighted by Gasteiger charge is 2.05. The number of rotatable bonds is 7. The van der Waals surface area contributed by atoms with Crippen molar-refractivity contribution in [1.29, 1.82) is 0 Å². The molecule has 0 unspecified atom stereocenters. The smallest absolute Gasteiger partial charge is 0.224 e. The first-order valence-corrected chi connectivity index (χ1v) is 9.38. The van der Waals surface area contributed by atoms with E-state index in [9.17, 15) is 4.79 Å². The quantitative estimate of drug-likeness (QED) is 0.521. The van der Waals surface area contributed by atoms with E-state index >= 15 is 0 Å². The van der Waals surface area contributed by atoms with Gasteiger partial charge < -0.3 is 16.0 Å². The Morgan fingerprint density at radius 3 is 1.86 bits per heavy atom. The first-order valence-electron chi connectivity index (χ1n) is 9.38. The van der Waals surface area contributed by atoms with E-state index in [0.717, 1.165) is 29.3 Å². The van der Waals surface area contributed by atoms with Crippen LogP contribution < -0.4 is 16.0 Å². The molecule has 0 saturated carbocycles. The van der Waals surface area contributed by atoms with Gasteiger partial charge in [0, 0.05) is 29.5 Å². The molecule has 0 aliphatic rings. The van der Waals surface area contributed by atoms with Crippen molar-refractivity contribution in [2.45, 2.75) is 33.6 Å². The minimum atomic E-state index is 0.0291. The molecule has 3 rings (SSSR count). The summed E-state index contributed by atoms with van der Waals surface area (Å²) in [5.74, 6) is 2.12. The fourth-order valence-corrected chi connectivity index (χ4v) is 2.72. The van der Waals surface area contributed by atoms with Crippen molar-refractivity contribution in [2.75, 3.05) is 16.0 Å². The normalized spacial score (nSPS) is 10.4. The molecule has 1 aromatic heterocycles. The second-order valence-corrected chi connectivity index (χ2v) is 6.68. The summed E-state index contributed by atoms with van der Waals surface area (Å²) in [6.45, 7) is 5.90. The van der Waals surface area contributed by atoms with Crippen LogP contribution in [0, 0.1) is 13.8 Å². The van der Waals surface area contributed by atoms with Crippen LogP contribution in [0.3, 0.4) is 0 Å². The zero-order chi connectivity index (χ0) is 19.9. The molecule has 1 amide bonds. The van der Waals surface area contributed by atoms with Gasteiger partial charge in [0.05, 0.1) is 0 Å². The number of amides is 1. The Balaban J connectivity index is 1.69. The number of aromatic nitrogens is 2. The van der Waals surface area contributed by atoms with E-state index in [-0.39, 0.29) is 5.91 Å². The van der Waals surface area contributed by atoms with Crippen LogP contribution in [0.25, 0.3) is 0 Å². The molecule has 0 bridgehead atoms. The monoisotopic (exact) mass is 375 g/mol. The summed E-state index contributed by atoms with van der Waals surface area (Å²) in [6, 6.07) is 17.6. The molecule has 3 N–H and O–H groups in total. The maximum absolute atomic E-state index is 11.7. The molecular weight excluding hydrogens is 350 g/mol. The van der Waals surface area contributed by atoms with Crippen LogP contribution >= 0.6 is 0 Å². The third-order valence-corrected chi connectivity index (χ3v) is 4.08. The number of hydrogen-bond acceptors (Lipinski definition) is 5. The maximum atomic E-state index is 11.7. The Bertz CT molecular complexity index is 936. The lowest BCUT2D eigenvalue weighted by Gasteiger charge is -2.11. The number of carbonyl (C=O) groups is 1. The highest BCUT2D eigenvalue weighted by atomic mass is 16.1. The van der Waals surface area contributed by atoms with Crippen LogP contribution in [-0.2, 0) is 4.79 Å². The molecular formula is C22H25N5O. The van der Waals surface area contributed by atoms with Crippen molar-refractivity contribution in [1.82, 2.24) is 9.97 Å². The molecule has 0 fully saturated rings. The van der Waals surface area contributed by atoms with E-state index < -0.39 is 0 Å². The SMILES string of the molecule is CCCC(=O)Nc1ccc(Nc2cc(Nc3ccc(C)cc3)nc(C)n2)cc1. The number of anilines is 5. The Hall–Kier alpha value is -3.41. The van der Waals surface area contributed by atoms with E-state index in [1.165, 1.54) is 5.56 Å². The average molecular weight is 375 g/mol. The number of nitrogens with one attached hydrogen (secondary N) is 3. The summed E-state index contributed by atoms with van der Waals surface area (Å²) >= 11 is 0. The van der Waals surface area contributed by atoms with E-state index in [2.05, 4.69) is 45.0 Å². The number of benzene rings is 2. The molecule has 0 aliphatic carbocycles. The molecule has 0 atom stereocenters. The maximum Gasteiger partial charge on any atom is 0.224 e. The number of aryl methyl sites for hydroxylation is 2. The molecule has 2 aromatic carbocycles. The minimum absolute atomic E-state index is 0.0291. The van der Waals surface area contributed by atoms with Crippen molar-refractivity contribution in [2.24, 2.45) is 0 Å². The van der Waals surface area contributed by atoms with E-state index in [4.69, 9.17) is 0 Å². The van der Waals surface area contributed by atoms with E-state index in [1.54, 1.807) is 0 Å². The van der Waals surface area contributed by atoms with Gasteiger partial charge in [-0.1, -0.05) is 24.6 Å². The largest absolute Gasteiger partial charge is 0.340 e. The van der Waals surface area contributed by atoms with Gasteiger partial charge in [0.15, 0.2) is 0 Å². The summed E-state index contributed by atoms with van der Waals surface area (Å²) < 4.78 is 0. The predicted molar refractivity (Wildman–Crippen MR) is 114 cm³/mol. The van der Waals surface area contributed by atoms with Gasteiger partial charge in [-0.2, -0.15) is 0 Å². The topological polar surface area (TPSA) is 78.9 Å². The van der Waals surface area contributed by atoms with Crippen molar-refractivity contribution < 1.29 is 4.79 Å². The van der Waals surface area contributed by atoms with Gasteiger partial charge >= 0.3 is 0 Å². The van der Waals surface area contributed by atoms with Crippen LogP contribution in [0.4, 0.5) is 28.7 Å². The molecule has 0 spiro atoms. The summed E-state index contributed by atoms with van der Waals surface area (Å²) in [5, 5.41) is 9.47. The van der Waals surface area contributed by atoms with Crippen LogP contribution in [0.2, 0.25) is 0 Å².